The van der Waals surface area contributed by atoms with Crippen LogP contribution in [0.4, 0.5) is 5.69 Å². The summed E-state index contributed by atoms with van der Waals surface area (Å²) in [6.45, 7) is 2.27. The summed E-state index contributed by atoms with van der Waals surface area (Å²) < 4.78 is 10.1. The quantitative estimate of drug-likeness (QED) is 0.568. The summed E-state index contributed by atoms with van der Waals surface area (Å²) in [5.74, 6) is -1.07. The fourth-order valence-electron chi connectivity index (χ4n) is 3.38. The van der Waals surface area contributed by atoms with Crippen molar-refractivity contribution in [2.24, 2.45) is 0 Å². The molecule has 0 atom stereocenters. The van der Waals surface area contributed by atoms with E-state index in [2.05, 4.69) is 16.4 Å². The first-order valence-corrected chi connectivity index (χ1v) is 10.7. The molecule has 0 saturated carbocycles. The van der Waals surface area contributed by atoms with E-state index in [1.54, 1.807) is 22.3 Å². The first kappa shape index (κ1) is 20.8. The number of aromatic nitrogens is 1. The van der Waals surface area contributed by atoms with E-state index in [1.807, 2.05) is 24.4 Å². The number of nitrogens with zero attached hydrogens (tertiary/aromatic N) is 2. The van der Waals surface area contributed by atoms with Gasteiger partial charge in [0.25, 0.3) is 11.8 Å². The third-order valence-corrected chi connectivity index (χ3v) is 5.68. The minimum Gasteiger partial charge on any atom is -0.459 e. The van der Waals surface area contributed by atoms with Crippen LogP contribution in [0.15, 0.2) is 46.4 Å². The second kappa shape index (κ2) is 9.13. The molecule has 0 aliphatic carbocycles. The summed E-state index contributed by atoms with van der Waals surface area (Å²) in [5.41, 5.74) is 3.87. The number of hydrogen-bond acceptors (Lipinski definition) is 7. The van der Waals surface area contributed by atoms with Crippen LogP contribution < -0.4 is 10.2 Å². The molecular weight excluding hydrogens is 418 g/mol. The van der Waals surface area contributed by atoms with Crippen molar-refractivity contribution in [3.8, 4) is 11.3 Å². The lowest BCUT2D eigenvalue weighted by molar-refractivity contribution is -0.147. The van der Waals surface area contributed by atoms with E-state index < -0.39 is 11.9 Å². The number of thiazole rings is 1. The van der Waals surface area contributed by atoms with Gasteiger partial charge in [-0.1, -0.05) is 6.07 Å². The fraction of sp³-hybridized carbons (Fsp3) is 0.273. The van der Waals surface area contributed by atoms with Crippen molar-refractivity contribution in [2.75, 3.05) is 24.6 Å². The Hall–Kier alpha value is -3.46. The number of benzene rings is 1. The van der Waals surface area contributed by atoms with Gasteiger partial charge < -0.3 is 19.4 Å². The van der Waals surface area contributed by atoms with E-state index in [1.165, 1.54) is 12.3 Å². The van der Waals surface area contributed by atoms with Crippen molar-refractivity contribution in [1.29, 1.82) is 0 Å². The maximum absolute atomic E-state index is 12.6. The summed E-state index contributed by atoms with van der Waals surface area (Å²) in [6.07, 6.45) is 2.10. The van der Waals surface area contributed by atoms with Crippen LogP contribution in [0.3, 0.4) is 0 Å². The number of esters is 1. The molecule has 0 unspecified atom stereocenters. The van der Waals surface area contributed by atoms with Crippen molar-refractivity contribution in [2.45, 2.75) is 19.8 Å². The van der Waals surface area contributed by atoms with Gasteiger partial charge >= 0.3 is 5.97 Å². The Morgan fingerprint density at radius 3 is 2.90 bits per heavy atom. The second-order valence-electron chi connectivity index (χ2n) is 7.03. The Bertz CT molecular complexity index is 1110. The molecule has 8 nitrogen and oxygen atoms in total. The molecule has 3 aromatic rings. The first-order chi connectivity index (χ1) is 15.0. The topological polar surface area (TPSA) is 102 Å². The number of anilines is 1. The lowest BCUT2D eigenvalue weighted by Crippen LogP contribution is -2.33. The first-order valence-electron chi connectivity index (χ1n) is 9.84. The SMILES string of the molecule is Cc1nc(-c2ccc3c(c2)CCN3C(=O)COC(=O)CCNC(=O)c2ccco2)cs1. The van der Waals surface area contributed by atoms with Crippen LogP contribution >= 0.6 is 11.3 Å². The van der Waals surface area contributed by atoms with Gasteiger partial charge in [-0.05, 0) is 43.2 Å². The van der Waals surface area contributed by atoms with Crippen molar-refractivity contribution in [1.82, 2.24) is 10.3 Å². The van der Waals surface area contributed by atoms with Crippen molar-refractivity contribution < 1.29 is 23.5 Å². The zero-order chi connectivity index (χ0) is 21.8. The van der Waals surface area contributed by atoms with Gasteiger partial charge in [-0.25, -0.2) is 4.98 Å². The number of fused-ring (bicyclic) bond motifs is 1. The smallest absolute Gasteiger partial charge is 0.308 e. The molecule has 1 aromatic carbocycles. The number of ether oxygens (including phenoxy) is 1. The third kappa shape index (κ3) is 4.83. The molecule has 31 heavy (non-hydrogen) atoms. The van der Waals surface area contributed by atoms with Gasteiger partial charge in [-0.2, -0.15) is 0 Å². The van der Waals surface area contributed by atoms with Crippen LogP contribution in [0.25, 0.3) is 11.3 Å². The highest BCUT2D eigenvalue weighted by molar-refractivity contribution is 7.09. The van der Waals surface area contributed by atoms with E-state index >= 15 is 0 Å². The molecule has 160 valence electrons. The van der Waals surface area contributed by atoms with E-state index in [4.69, 9.17) is 9.15 Å². The van der Waals surface area contributed by atoms with Crippen LogP contribution in [0, 0.1) is 6.92 Å². The van der Waals surface area contributed by atoms with E-state index in [9.17, 15) is 14.4 Å². The average molecular weight is 439 g/mol. The van der Waals surface area contributed by atoms with Gasteiger partial charge in [0.15, 0.2) is 12.4 Å². The molecule has 9 heteroatoms. The van der Waals surface area contributed by atoms with Crippen LogP contribution in [-0.4, -0.2) is 42.5 Å². The van der Waals surface area contributed by atoms with Crippen molar-refractivity contribution in [3.05, 3.63) is 58.3 Å². The Labute approximate surface area is 182 Å². The summed E-state index contributed by atoms with van der Waals surface area (Å²) >= 11 is 1.60. The number of carbonyl (C=O) groups excluding carboxylic acids is 3. The normalized spacial score (nSPS) is 12.5. The van der Waals surface area contributed by atoms with E-state index in [0.717, 1.165) is 33.9 Å². The minimum absolute atomic E-state index is 0.0350. The van der Waals surface area contributed by atoms with Gasteiger partial charge in [0.05, 0.1) is 23.4 Å². The maximum Gasteiger partial charge on any atom is 0.308 e. The molecule has 0 bridgehead atoms. The summed E-state index contributed by atoms with van der Waals surface area (Å²) in [4.78, 5) is 42.4. The molecule has 1 aliphatic rings. The molecule has 1 N–H and O–H groups in total. The van der Waals surface area contributed by atoms with Crippen LogP contribution in [-0.2, 0) is 20.7 Å². The number of nitrogens with one attached hydrogen (secondary N) is 1. The standard InChI is InChI=1S/C22H21N3O5S/c1-14-24-17(13-31-14)15-4-5-18-16(11-15)7-9-25(18)20(26)12-30-21(27)6-8-23-22(28)19-3-2-10-29-19/h2-5,10-11,13H,6-9,12H2,1H3,(H,23,28). The Morgan fingerprint density at radius 2 is 2.16 bits per heavy atom. The fourth-order valence-corrected chi connectivity index (χ4v) is 4.00. The molecule has 2 aromatic heterocycles. The highest BCUT2D eigenvalue weighted by Crippen LogP contribution is 2.32. The Kier molecular flexibility index (Phi) is 6.13. The van der Waals surface area contributed by atoms with Crippen molar-refractivity contribution >= 4 is 34.8 Å². The molecule has 3 heterocycles. The average Bonchev–Trinajstić information content (AvgIpc) is 3.52. The van der Waals surface area contributed by atoms with E-state index in [-0.39, 0.29) is 31.2 Å². The summed E-state index contributed by atoms with van der Waals surface area (Å²) in [7, 11) is 0. The number of hydrogen-bond donors (Lipinski definition) is 1. The lowest BCUT2D eigenvalue weighted by atomic mass is 10.1. The van der Waals surface area contributed by atoms with Gasteiger partial charge in [0, 0.05) is 29.7 Å². The van der Waals surface area contributed by atoms with Crippen LogP contribution in [0.1, 0.15) is 27.5 Å². The predicted octanol–water partition coefficient (Wildman–Crippen LogP) is 2.96. The third-order valence-electron chi connectivity index (χ3n) is 4.91. The number of aryl methyl sites for hydroxylation is 1. The zero-order valence-electron chi connectivity index (χ0n) is 16.9. The molecule has 2 amide bonds. The molecular formula is C22H21N3O5S. The number of rotatable bonds is 7. The summed E-state index contributed by atoms with van der Waals surface area (Å²) in [5, 5.41) is 5.59. The van der Waals surface area contributed by atoms with Gasteiger partial charge in [-0.3, -0.25) is 14.4 Å². The molecule has 1 aliphatic heterocycles. The molecule has 0 fully saturated rings. The Balaban J connectivity index is 1.26. The number of furan rings is 1. The molecule has 0 spiro atoms. The second-order valence-corrected chi connectivity index (χ2v) is 8.10. The summed E-state index contributed by atoms with van der Waals surface area (Å²) in [6, 6.07) is 9.06. The number of carbonyl (C=O) groups is 3. The minimum atomic E-state index is -0.554. The Morgan fingerprint density at radius 1 is 1.29 bits per heavy atom. The monoisotopic (exact) mass is 439 g/mol. The van der Waals surface area contributed by atoms with Gasteiger partial charge in [-0.15, -0.1) is 11.3 Å². The molecule has 0 saturated heterocycles. The largest absolute Gasteiger partial charge is 0.459 e. The zero-order valence-corrected chi connectivity index (χ0v) is 17.7. The lowest BCUT2D eigenvalue weighted by Gasteiger charge is -2.17. The maximum atomic E-state index is 12.6. The highest BCUT2D eigenvalue weighted by Gasteiger charge is 2.26. The molecule has 4 rings (SSSR count). The van der Waals surface area contributed by atoms with Crippen LogP contribution in [0.2, 0.25) is 0 Å². The van der Waals surface area contributed by atoms with Gasteiger partial charge in [0.1, 0.15) is 0 Å². The molecule has 0 radical (unpaired) electrons. The predicted molar refractivity (Wildman–Crippen MR) is 115 cm³/mol. The van der Waals surface area contributed by atoms with Crippen molar-refractivity contribution in [3.63, 3.8) is 0 Å². The van der Waals surface area contributed by atoms with Crippen LogP contribution in [0.5, 0.6) is 0 Å². The number of amides is 2. The van der Waals surface area contributed by atoms with E-state index in [0.29, 0.717) is 6.54 Å². The highest BCUT2D eigenvalue weighted by atomic mass is 32.1. The van der Waals surface area contributed by atoms with Gasteiger partial charge in [0.2, 0.25) is 0 Å².